The monoisotopic (exact) mass is 406 g/mol. The second-order valence-corrected chi connectivity index (χ2v) is 7.21. The molecular formula is C24H23FN2O3. The lowest BCUT2D eigenvalue weighted by atomic mass is 9.93. The standard InChI is InChI=1S/C24H23FN2O3/c1-24(30,20-11-9-19(10-12-20)18-5-3-2-4-6-18)16-27-23(29)22(28)26-15-17-7-13-21(25)14-8-17/h2-14,30H,15-16H2,1H3,(H,26,28)(H,27,29). The summed E-state index contributed by atoms with van der Waals surface area (Å²) in [6.07, 6.45) is 0. The van der Waals surface area contributed by atoms with Crippen LogP contribution >= 0.6 is 0 Å². The average Bonchev–Trinajstić information content (AvgIpc) is 2.77. The number of carbonyl (C=O) groups is 2. The van der Waals surface area contributed by atoms with E-state index in [1.54, 1.807) is 19.1 Å². The zero-order chi connectivity index (χ0) is 21.6. The van der Waals surface area contributed by atoms with Crippen LogP contribution in [-0.2, 0) is 21.7 Å². The summed E-state index contributed by atoms with van der Waals surface area (Å²) in [6.45, 7) is 1.55. The van der Waals surface area contributed by atoms with Crippen LogP contribution in [-0.4, -0.2) is 23.5 Å². The highest BCUT2D eigenvalue weighted by atomic mass is 19.1. The number of nitrogens with one attached hydrogen (secondary N) is 2. The van der Waals surface area contributed by atoms with Crippen LogP contribution in [0.3, 0.4) is 0 Å². The summed E-state index contributed by atoms with van der Waals surface area (Å²) >= 11 is 0. The first-order chi connectivity index (χ1) is 14.3. The van der Waals surface area contributed by atoms with E-state index < -0.39 is 17.4 Å². The predicted octanol–water partition coefficient (Wildman–Crippen LogP) is 3.13. The molecule has 1 unspecified atom stereocenters. The molecule has 0 saturated heterocycles. The molecule has 0 aliphatic rings. The number of aliphatic hydroxyl groups is 1. The predicted molar refractivity (Wildman–Crippen MR) is 113 cm³/mol. The van der Waals surface area contributed by atoms with Gasteiger partial charge in [0.15, 0.2) is 0 Å². The summed E-state index contributed by atoms with van der Waals surface area (Å²) in [5.41, 5.74) is 2.02. The fourth-order valence-corrected chi connectivity index (χ4v) is 2.95. The molecule has 30 heavy (non-hydrogen) atoms. The van der Waals surface area contributed by atoms with Crippen LogP contribution in [0.1, 0.15) is 18.1 Å². The third-order valence-corrected chi connectivity index (χ3v) is 4.78. The van der Waals surface area contributed by atoms with E-state index in [0.717, 1.165) is 11.1 Å². The Morgan fingerprint density at radius 3 is 2.03 bits per heavy atom. The second-order valence-electron chi connectivity index (χ2n) is 7.21. The molecule has 0 aliphatic carbocycles. The SMILES string of the molecule is CC(O)(CNC(=O)C(=O)NCc1ccc(F)cc1)c1ccc(-c2ccccc2)cc1. The van der Waals surface area contributed by atoms with E-state index in [-0.39, 0.29) is 18.9 Å². The zero-order valence-corrected chi connectivity index (χ0v) is 16.6. The molecule has 0 heterocycles. The normalized spacial score (nSPS) is 12.6. The molecule has 1 atom stereocenters. The summed E-state index contributed by atoms with van der Waals surface area (Å²) in [7, 11) is 0. The Morgan fingerprint density at radius 2 is 1.40 bits per heavy atom. The van der Waals surface area contributed by atoms with E-state index in [1.807, 2.05) is 42.5 Å². The third kappa shape index (κ3) is 5.52. The number of amides is 2. The van der Waals surface area contributed by atoms with Crippen LogP contribution in [0.4, 0.5) is 4.39 Å². The smallest absolute Gasteiger partial charge is 0.309 e. The molecule has 0 saturated carbocycles. The Labute approximate surface area is 174 Å². The van der Waals surface area contributed by atoms with Crippen molar-refractivity contribution in [3.63, 3.8) is 0 Å². The lowest BCUT2D eigenvalue weighted by molar-refractivity contribution is -0.139. The van der Waals surface area contributed by atoms with Crippen LogP contribution < -0.4 is 10.6 Å². The number of rotatable bonds is 6. The van der Waals surface area contributed by atoms with Gasteiger partial charge in [0.2, 0.25) is 0 Å². The molecule has 0 bridgehead atoms. The highest BCUT2D eigenvalue weighted by Crippen LogP contribution is 2.24. The number of halogens is 1. The van der Waals surface area contributed by atoms with Crippen molar-refractivity contribution in [2.45, 2.75) is 19.1 Å². The van der Waals surface area contributed by atoms with Crippen LogP contribution in [0, 0.1) is 5.82 Å². The molecule has 3 N–H and O–H groups in total. The quantitative estimate of drug-likeness (QED) is 0.551. The van der Waals surface area contributed by atoms with Gasteiger partial charge in [-0.3, -0.25) is 9.59 Å². The average molecular weight is 406 g/mol. The first-order valence-electron chi connectivity index (χ1n) is 9.54. The number of hydrogen-bond acceptors (Lipinski definition) is 3. The Bertz CT molecular complexity index is 1000. The lowest BCUT2D eigenvalue weighted by Crippen LogP contribution is -2.45. The second kappa shape index (κ2) is 9.33. The van der Waals surface area contributed by atoms with E-state index in [9.17, 15) is 19.1 Å². The summed E-state index contributed by atoms with van der Waals surface area (Å²) in [5, 5.41) is 15.6. The fraction of sp³-hybridized carbons (Fsp3) is 0.167. The fourth-order valence-electron chi connectivity index (χ4n) is 2.95. The summed E-state index contributed by atoms with van der Waals surface area (Å²) in [6, 6.07) is 22.8. The van der Waals surface area contributed by atoms with Crippen LogP contribution in [0.15, 0.2) is 78.9 Å². The summed E-state index contributed by atoms with van der Waals surface area (Å²) < 4.78 is 12.9. The van der Waals surface area contributed by atoms with Gasteiger partial charge < -0.3 is 15.7 Å². The van der Waals surface area contributed by atoms with E-state index >= 15 is 0 Å². The molecule has 0 fully saturated rings. The van der Waals surface area contributed by atoms with Crippen molar-refractivity contribution in [2.24, 2.45) is 0 Å². The molecule has 2 amide bonds. The molecule has 6 heteroatoms. The molecule has 154 valence electrons. The highest BCUT2D eigenvalue weighted by molar-refractivity contribution is 6.35. The molecule has 3 rings (SSSR count). The van der Waals surface area contributed by atoms with Crippen molar-refractivity contribution in [1.82, 2.24) is 10.6 Å². The molecular weight excluding hydrogens is 383 g/mol. The minimum Gasteiger partial charge on any atom is -0.384 e. The van der Waals surface area contributed by atoms with Gasteiger partial charge in [-0.15, -0.1) is 0 Å². The maximum atomic E-state index is 12.9. The van der Waals surface area contributed by atoms with Gasteiger partial charge in [-0.2, -0.15) is 0 Å². The topological polar surface area (TPSA) is 78.4 Å². The van der Waals surface area contributed by atoms with Crippen LogP contribution in [0.2, 0.25) is 0 Å². The third-order valence-electron chi connectivity index (χ3n) is 4.78. The van der Waals surface area contributed by atoms with Gasteiger partial charge in [0.1, 0.15) is 11.4 Å². The first kappa shape index (κ1) is 21.2. The van der Waals surface area contributed by atoms with E-state index in [4.69, 9.17) is 0 Å². The van der Waals surface area contributed by atoms with E-state index in [1.165, 1.54) is 24.3 Å². The van der Waals surface area contributed by atoms with Crippen LogP contribution in [0.5, 0.6) is 0 Å². The molecule has 0 aliphatic heterocycles. The largest absolute Gasteiger partial charge is 0.384 e. The minimum absolute atomic E-state index is 0.101. The Kier molecular flexibility index (Phi) is 6.59. The minimum atomic E-state index is -1.35. The van der Waals surface area contributed by atoms with Gasteiger partial charge >= 0.3 is 11.8 Å². The van der Waals surface area contributed by atoms with Gasteiger partial charge in [0.25, 0.3) is 0 Å². The van der Waals surface area contributed by atoms with E-state index in [0.29, 0.717) is 11.1 Å². The lowest BCUT2D eigenvalue weighted by Gasteiger charge is -2.24. The number of carbonyl (C=O) groups excluding carboxylic acids is 2. The van der Waals surface area contributed by atoms with Crippen molar-refractivity contribution in [1.29, 1.82) is 0 Å². The van der Waals surface area contributed by atoms with Gasteiger partial charge in [0.05, 0.1) is 6.54 Å². The van der Waals surface area contributed by atoms with Crippen molar-refractivity contribution in [2.75, 3.05) is 6.54 Å². The van der Waals surface area contributed by atoms with Crippen molar-refractivity contribution >= 4 is 11.8 Å². The first-order valence-corrected chi connectivity index (χ1v) is 9.54. The molecule has 3 aromatic carbocycles. The Morgan fingerprint density at radius 1 is 0.833 bits per heavy atom. The molecule has 3 aromatic rings. The Hall–Kier alpha value is -3.51. The van der Waals surface area contributed by atoms with Gasteiger partial charge in [-0.1, -0.05) is 66.7 Å². The summed E-state index contributed by atoms with van der Waals surface area (Å²) in [4.78, 5) is 24.0. The maximum Gasteiger partial charge on any atom is 0.309 e. The molecule has 0 spiro atoms. The van der Waals surface area contributed by atoms with Crippen LogP contribution in [0.25, 0.3) is 11.1 Å². The van der Waals surface area contributed by atoms with Gasteiger partial charge in [-0.05, 0) is 41.3 Å². The summed E-state index contributed by atoms with van der Waals surface area (Å²) in [5.74, 6) is -2.05. The van der Waals surface area contributed by atoms with Crippen molar-refractivity contribution in [3.05, 3.63) is 95.8 Å². The maximum absolute atomic E-state index is 12.9. The molecule has 0 aromatic heterocycles. The zero-order valence-electron chi connectivity index (χ0n) is 16.6. The van der Waals surface area contributed by atoms with E-state index in [2.05, 4.69) is 10.6 Å². The highest BCUT2D eigenvalue weighted by Gasteiger charge is 2.25. The number of benzene rings is 3. The molecule has 0 radical (unpaired) electrons. The Balaban J connectivity index is 1.53. The van der Waals surface area contributed by atoms with Gasteiger partial charge in [0, 0.05) is 6.54 Å². The van der Waals surface area contributed by atoms with Crippen molar-refractivity contribution < 1.29 is 19.1 Å². The van der Waals surface area contributed by atoms with Gasteiger partial charge in [-0.25, -0.2) is 4.39 Å². The van der Waals surface area contributed by atoms with Crippen molar-refractivity contribution in [3.8, 4) is 11.1 Å². The number of hydrogen-bond donors (Lipinski definition) is 3. The molecule has 5 nitrogen and oxygen atoms in total.